The Morgan fingerprint density at radius 3 is 2.73 bits per heavy atom. The van der Waals surface area contributed by atoms with Gasteiger partial charge < -0.3 is 10.1 Å². The highest BCUT2D eigenvalue weighted by molar-refractivity contribution is 8.00. The lowest BCUT2D eigenvalue weighted by atomic mass is 10.3. The summed E-state index contributed by atoms with van der Waals surface area (Å²) in [6, 6.07) is 16.3. The molecule has 2 aromatic carbocycles. The molecule has 0 aliphatic heterocycles. The van der Waals surface area contributed by atoms with Crippen LogP contribution in [-0.4, -0.2) is 23.5 Å². The van der Waals surface area contributed by atoms with Gasteiger partial charge in [0.15, 0.2) is 0 Å². The van der Waals surface area contributed by atoms with Crippen LogP contribution in [0, 0.1) is 0 Å². The van der Waals surface area contributed by atoms with Gasteiger partial charge in [-0.15, -0.1) is 0 Å². The third kappa shape index (κ3) is 3.97. The fourth-order valence-electron chi connectivity index (χ4n) is 2.28. The van der Waals surface area contributed by atoms with Crippen LogP contribution < -0.4 is 20.4 Å². The Bertz CT molecular complexity index is 952. The van der Waals surface area contributed by atoms with Crippen LogP contribution in [0.5, 0.6) is 5.75 Å². The molecule has 0 aliphatic rings. The summed E-state index contributed by atoms with van der Waals surface area (Å²) < 4.78 is 11.6. The predicted molar refractivity (Wildman–Crippen MR) is 97.8 cm³/mol. The van der Waals surface area contributed by atoms with Crippen LogP contribution >= 0.6 is 11.8 Å². The van der Waals surface area contributed by atoms with Gasteiger partial charge in [0, 0.05) is 23.9 Å². The highest BCUT2D eigenvalue weighted by Gasteiger charge is 2.28. The number of carbonyl (C=O) groups is 1. The third-order valence-electron chi connectivity index (χ3n) is 3.62. The molecule has 0 fully saturated rings. The number of hydrogen-bond donors (Lipinski definition) is 2. The average Bonchev–Trinajstić information content (AvgIpc) is 3.03. The molecule has 0 spiro atoms. The van der Waals surface area contributed by atoms with Crippen LogP contribution in [0.15, 0.2) is 68.9 Å². The van der Waals surface area contributed by atoms with Crippen molar-refractivity contribution in [1.29, 1.82) is 0 Å². The molecule has 0 saturated carbocycles. The van der Waals surface area contributed by atoms with E-state index < -0.39 is 10.9 Å². The number of carbonyl (C=O) groups excluding carboxylic acids is 1. The number of benzene rings is 2. The largest absolute Gasteiger partial charge is 0.497 e. The minimum absolute atomic E-state index is 0.233. The van der Waals surface area contributed by atoms with Crippen molar-refractivity contribution < 1.29 is 18.7 Å². The first-order valence-electron chi connectivity index (χ1n) is 7.89. The second-order valence-electron chi connectivity index (χ2n) is 5.44. The molecule has 2 N–H and O–H groups in total. The summed E-state index contributed by atoms with van der Waals surface area (Å²) in [5.74, 6) is 0.416. The number of nitrogens with one attached hydrogen (secondary N) is 2. The summed E-state index contributed by atoms with van der Waals surface area (Å²) in [7, 11) is 1.56. The molecular weight excluding hydrogens is 354 g/mol. The Morgan fingerprint density at radius 1 is 1.23 bits per heavy atom. The molecule has 0 saturated heterocycles. The summed E-state index contributed by atoms with van der Waals surface area (Å²) in [4.78, 5) is 24.5. The fourth-order valence-corrected chi connectivity index (χ4v) is 3.16. The molecule has 7 nitrogen and oxygen atoms in total. The maximum absolute atomic E-state index is 12.5. The van der Waals surface area contributed by atoms with E-state index in [0.717, 1.165) is 17.4 Å². The van der Waals surface area contributed by atoms with Crippen molar-refractivity contribution >= 4 is 23.4 Å². The van der Waals surface area contributed by atoms with E-state index in [1.54, 1.807) is 38.3 Å². The molecular formula is C18H18N3O4S+. The molecule has 1 amide bonds. The van der Waals surface area contributed by atoms with E-state index in [-0.39, 0.29) is 5.91 Å². The number of H-pyrrole nitrogens is 1. The van der Waals surface area contributed by atoms with Gasteiger partial charge in [0.2, 0.25) is 11.6 Å². The Balaban J connectivity index is 1.76. The second-order valence-corrected chi connectivity index (χ2v) is 6.77. The minimum Gasteiger partial charge on any atom is -0.497 e. The standard InChI is InChI=1S/C18H17N3O4S/c1-12(16(22)19-13-7-6-10-15(11-13)24-2)26-17-18(23)25-20-21(17)14-8-4-3-5-9-14/h3-12H,1-2H3,(H-,19,20,22,23)/p+1. The van der Waals surface area contributed by atoms with Crippen LogP contribution in [0.3, 0.4) is 0 Å². The van der Waals surface area contributed by atoms with E-state index in [9.17, 15) is 9.59 Å². The lowest BCUT2D eigenvalue weighted by Crippen LogP contribution is -2.37. The normalized spacial score (nSPS) is 11.8. The van der Waals surface area contributed by atoms with Crippen molar-refractivity contribution in [3.05, 3.63) is 65.0 Å². The first-order valence-corrected chi connectivity index (χ1v) is 8.77. The number of ether oxygens (including phenoxy) is 1. The first kappa shape index (κ1) is 17.8. The van der Waals surface area contributed by atoms with E-state index >= 15 is 0 Å². The number of rotatable bonds is 6. The number of para-hydroxylation sites is 1. The Morgan fingerprint density at radius 2 is 2.00 bits per heavy atom. The molecule has 1 aromatic heterocycles. The van der Waals surface area contributed by atoms with Crippen LogP contribution in [0.1, 0.15) is 6.92 Å². The number of nitrogens with zero attached hydrogens (tertiary/aromatic N) is 1. The van der Waals surface area contributed by atoms with Crippen LogP contribution in [-0.2, 0) is 4.79 Å². The summed E-state index contributed by atoms with van der Waals surface area (Å²) >= 11 is 1.12. The van der Waals surface area contributed by atoms with Gasteiger partial charge in [-0.3, -0.25) is 9.32 Å². The zero-order valence-electron chi connectivity index (χ0n) is 14.3. The second kappa shape index (κ2) is 7.92. The zero-order valence-corrected chi connectivity index (χ0v) is 15.1. The zero-order chi connectivity index (χ0) is 18.5. The average molecular weight is 372 g/mol. The smallest absolute Gasteiger partial charge is 0.442 e. The van der Waals surface area contributed by atoms with E-state index in [0.29, 0.717) is 16.5 Å². The van der Waals surface area contributed by atoms with E-state index in [1.807, 2.05) is 30.3 Å². The van der Waals surface area contributed by atoms with Gasteiger partial charge in [-0.1, -0.05) is 24.3 Å². The number of methoxy groups -OCH3 is 1. The SMILES string of the molecule is COc1cccc(NC(=O)C(C)Sc2c(=O)o[nH][n+]2-c2ccccc2)c1. The van der Waals surface area contributed by atoms with Crippen molar-refractivity contribution in [2.45, 2.75) is 17.2 Å². The first-order chi connectivity index (χ1) is 12.6. The van der Waals surface area contributed by atoms with Crippen LogP contribution in [0.25, 0.3) is 5.69 Å². The maximum atomic E-state index is 12.5. The number of thioether (sulfide) groups is 1. The van der Waals surface area contributed by atoms with Gasteiger partial charge in [0.1, 0.15) is 5.75 Å². The molecule has 0 bridgehead atoms. The number of aromatic amines is 1. The molecule has 0 radical (unpaired) electrons. The van der Waals surface area contributed by atoms with Crippen molar-refractivity contribution in [2.24, 2.45) is 0 Å². The lowest BCUT2D eigenvalue weighted by molar-refractivity contribution is -0.704. The number of hydrogen-bond acceptors (Lipinski definition) is 5. The van der Waals surface area contributed by atoms with Gasteiger partial charge in [-0.25, -0.2) is 4.79 Å². The molecule has 1 unspecified atom stereocenters. The van der Waals surface area contributed by atoms with Gasteiger partial charge in [-0.2, -0.15) is 0 Å². The molecule has 1 heterocycles. The molecule has 26 heavy (non-hydrogen) atoms. The Hall–Kier alpha value is -3.00. The highest BCUT2D eigenvalue weighted by atomic mass is 32.2. The Labute approximate surface area is 153 Å². The monoisotopic (exact) mass is 372 g/mol. The van der Waals surface area contributed by atoms with Gasteiger partial charge >= 0.3 is 10.7 Å². The minimum atomic E-state index is -0.528. The fraction of sp³-hybridized carbons (Fsp3) is 0.167. The van der Waals surface area contributed by atoms with Crippen molar-refractivity contribution in [1.82, 2.24) is 5.27 Å². The Kier molecular flexibility index (Phi) is 5.43. The summed E-state index contributed by atoms with van der Waals surface area (Å²) in [5.41, 5.74) is 0.833. The number of aromatic nitrogens is 2. The molecule has 3 aromatic rings. The number of anilines is 1. The molecule has 134 valence electrons. The van der Waals surface area contributed by atoms with Gasteiger partial charge in [-0.05, 0) is 40.8 Å². The highest BCUT2D eigenvalue weighted by Crippen LogP contribution is 2.21. The molecule has 1 atom stereocenters. The van der Waals surface area contributed by atoms with Crippen molar-refractivity contribution in [3.63, 3.8) is 0 Å². The number of amides is 1. The van der Waals surface area contributed by atoms with E-state index in [2.05, 4.69) is 10.6 Å². The quantitative estimate of drug-likeness (QED) is 0.512. The topological polar surface area (TPSA) is 88.2 Å². The summed E-state index contributed by atoms with van der Waals surface area (Å²) in [6.45, 7) is 1.72. The summed E-state index contributed by atoms with van der Waals surface area (Å²) in [6.07, 6.45) is 0. The molecule has 0 aliphatic carbocycles. The third-order valence-corrected chi connectivity index (χ3v) is 4.76. The van der Waals surface area contributed by atoms with Crippen LogP contribution in [0.2, 0.25) is 0 Å². The molecule has 8 heteroatoms. The van der Waals surface area contributed by atoms with Gasteiger partial charge in [0.25, 0.3) is 0 Å². The molecule has 3 rings (SSSR count). The maximum Gasteiger partial charge on any atom is 0.442 e. The van der Waals surface area contributed by atoms with E-state index in [1.165, 1.54) is 4.68 Å². The van der Waals surface area contributed by atoms with Crippen LogP contribution in [0.4, 0.5) is 5.69 Å². The summed E-state index contributed by atoms with van der Waals surface area (Å²) in [5, 5.41) is 5.15. The van der Waals surface area contributed by atoms with Crippen molar-refractivity contribution in [3.8, 4) is 11.4 Å². The van der Waals surface area contributed by atoms with E-state index in [4.69, 9.17) is 9.26 Å². The lowest BCUT2D eigenvalue weighted by Gasteiger charge is -2.10. The predicted octanol–water partition coefficient (Wildman–Crippen LogP) is 2.37. The van der Waals surface area contributed by atoms with Crippen molar-refractivity contribution in [2.75, 3.05) is 12.4 Å². The van der Waals surface area contributed by atoms with Gasteiger partial charge in [0.05, 0.1) is 12.4 Å².